The molecule has 0 radical (unpaired) electrons. The molecule has 1 amide bonds. The molecule has 2 unspecified atom stereocenters. The van der Waals surface area contributed by atoms with Crippen LogP contribution >= 0.6 is 0 Å². The Morgan fingerprint density at radius 3 is 2.43 bits per heavy atom. The van der Waals surface area contributed by atoms with Gasteiger partial charge >= 0.3 is 6.18 Å². The maximum atomic E-state index is 12.6. The van der Waals surface area contributed by atoms with E-state index < -0.39 is 23.7 Å². The van der Waals surface area contributed by atoms with Gasteiger partial charge in [0.05, 0.1) is 17.6 Å². The van der Waals surface area contributed by atoms with Crippen LogP contribution in [-0.4, -0.2) is 53.9 Å². The molecule has 2 fully saturated rings. The second kappa shape index (κ2) is 6.12. The fourth-order valence-electron chi connectivity index (χ4n) is 3.32. The lowest BCUT2D eigenvalue weighted by atomic mass is 9.93. The largest absolute Gasteiger partial charge is 0.393 e. The zero-order chi connectivity index (χ0) is 15.7. The minimum absolute atomic E-state index is 0.0228. The molecule has 1 aliphatic heterocycles. The van der Waals surface area contributed by atoms with Gasteiger partial charge in [-0.15, -0.1) is 0 Å². The van der Waals surface area contributed by atoms with Gasteiger partial charge in [0, 0.05) is 20.1 Å². The number of amides is 1. The van der Waals surface area contributed by atoms with E-state index in [0.29, 0.717) is 12.8 Å². The molecule has 1 saturated carbocycles. The first-order valence-corrected chi connectivity index (χ1v) is 7.49. The zero-order valence-corrected chi connectivity index (χ0v) is 12.2. The molecular weight excluding hydrogens is 285 g/mol. The Balaban J connectivity index is 1.84. The highest BCUT2D eigenvalue weighted by Crippen LogP contribution is 2.33. The van der Waals surface area contributed by atoms with Gasteiger partial charge < -0.3 is 15.3 Å². The van der Waals surface area contributed by atoms with Gasteiger partial charge in [0.15, 0.2) is 0 Å². The topological polar surface area (TPSA) is 52.6 Å². The van der Waals surface area contributed by atoms with E-state index in [1.807, 2.05) is 0 Å². The zero-order valence-electron chi connectivity index (χ0n) is 12.2. The molecule has 122 valence electrons. The van der Waals surface area contributed by atoms with Crippen molar-refractivity contribution in [3.05, 3.63) is 0 Å². The Kier molecular flexibility index (Phi) is 4.82. The third-order valence-electron chi connectivity index (χ3n) is 4.62. The molecule has 0 aromatic carbocycles. The molecule has 2 aliphatic rings. The molecule has 21 heavy (non-hydrogen) atoms. The summed E-state index contributed by atoms with van der Waals surface area (Å²) in [4.78, 5) is 13.7. The number of halogens is 3. The number of hydrogen-bond donors (Lipinski definition) is 2. The summed E-state index contributed by atoms with van der Waals surface area (Å²) in [5.74, 6) is -1.60. The summed E-state index contributed by atoms with van der Waals surface area (Å²) in [6.07, 6.45) is -0.776. The van der Waals surface area contributed by atoms with Gasteiger partial charge in [0.25, 0.3) is 0 Å². The first-order chi connectivity index (χ1) is 9.71. The summed E-state index contributed by atoms with van der Waals surface area (Å²) >= 11 is 0. The fourth-order valence-corrected chi connectivity index (χ4v) is 3.32. The van der Waals surface area contributed by atoms with Crippen molar-refractivity contribution in [2.45, 2.75) is 56.3 Å². The third-order valence-corrected chi connectivity index (χ3v) is 4.62. The third kappa shape index (κ3) is 4.10. The Bertz CT molecular complexity index is 373. The molecule has 7 heteroatoms. The number of likely N-dealkylation sites (N-methyl/N-ethyl adjacent to an activating group) is 1. The lowest BCUT2D eigenvalue weighted by Crippen LogP contribution is -2.53. The van der Waals surface area contributed by atoms with E-state index in [1.165, 1.54) is 4.90 Å². The van der Waals surface area contributed by atoms with Crippen LogP contribution in [0.2, 0.25) is 0 Å². The highest BCUT2D eigenvalue weighted by molar-refractivity contribution is 5.81. The number of carbonyl (C=O) groups is 1. The van der Waals surface area contributed by atoms with E-state index in [0.717, 1.165) is 12.8 Å². The molecule has 2 N–H and O–H groups in total. The Morgan fingerprint density at radius 2 is 1.95 bits per heavy atom. The molecule has 0 spiro atoms. The molecule has 1 aliphatic carbocycles. The molecule has 4 nitrogen and oxygen atoms in total. The van der Waals surface area contributed by atoms with Crippen molar-refractivity contribution in [1.82, 2.24) is 10.2 Å². The number of rotatable bonds is 3. The SMILES string of the molecule is CN(CC1(O)CCCC1)C(=O)C1CCC(C(F)(F)F)CN1. The Morgan fingerprint density at radius 1 is 1.33 bits per heavy atom. The number of aliphatic hydroxyl groups is 1. The number of alkyl halides is 3. The van der Waals surface area contributed by atoms with E-state index in [4.69, 9.17) is 0 Å². The number of nitrogens with one attached hydrogen (secondary N) is 1. The maximum Gasteiger partial charge on any atom is 0.393 e. The van der Waals surface area contributed by atoms with Crippen molar-refractivity contribution in [3.8, 4) is 0 Å². The van der Waals surface area contributed by atoms with Crippen LogP contribution in [0.3, 0.4) is 0 Å². The molecule has 1 saturated heterocycles. The second-order valence-corrected chi connectivity index (χ2v) is 6.40. The lowest BCUT2D eigenvalue weighted by molar-refractivity contribution is -0.180. The smallest absolute Gasteiger partial charge is 0.388 e. The number of hydrogen-bond acceptors (Lipinski definition) is 3. The number of nitrogens with zero attached hydrogens (tertiary/aromatic N) is 1. The lowest BCUT2D eigenvalue weighted by Gasteiger charge is -2.35. The number of piperidine rings is 1. The van der Waals surface area contributed by atoms with Crippen LogP contribution in [0.4, 0.5) is 13.2 Å². The monoisotopic (exact) mass is 308 g/mol. The van der Waals surface area contributed by atoms with Crippen molar-refractivity contribution in [2.75, 3.05) is 20.1 Å². The second-order valence-electron chi connectivity index (χ2n) is 6.40. The Labute approximate surface area is 122 Å². The quantitative estimate of drug-likeness (QED) is 0.834. The molecular formula is C14H23F3N2O2. The average molecular weight is 308 g/mol. The fraction of sp³-hybridized carbons (Fsp3) is 0.929. The van der Waals surface area contributed by atoms with E-state index in [1.54, 1.807) is 7.05 Å². The van der Waals surface area contributed by atoms with Crippen LogP contribution < -0.4 is 5.32 Å². The van der Waals surface area contributed by atoms with Crippen LogP contribution in [0.25, 0.3) is 0 Å². The highest BCUT2D eigenvalue weighted by atomic mass is 19.4. The summed E-state index contributed by atoms with van der Waals surface area (Å²) < 4.78 is 37.7. The van der Waals surface area contributed by atoms with Crippen LogP contribution in [0, 0.1) is 5.92 Å². The van der Waals surface area contributed by atoms with Crippen molar-refractivity contribution >= 4 is 5.91 Å². The highest BCUT2D eigenvalue weighted by Gasteiger charge is 2.43. The predicted molar refractivity (Wildman–Crippen MR) is 71.6 cm³/mol. The van der Waals surface area contributed by atoms with Crippen LogP contribution in [0.5, 0.6) is 0 Å². The minimum Gasteiger partial charge on any atom is -0.388 e. The molecule has 0 aromatic heterocycles. The van der Waals surface area contributed by atoms with Crippen LogP contribution in [0.15, 0.2) is 0 Å². The standard InChI is InChI=1S/C14H23F3N2O2/c1-19(9-13(21)6-2-3-7-13)12(20)11-5-4-10(8-18-11)14(15,16)17/h10-11,18,21H,2-9H2,1H3. The van der Waals surface area contributed by atoms with E-state index in [-0.39, 0.29) is 31.8 Å². The van der Waals surface area contributed by atoms with Gasteiger partial charge in [-0.1, -0.05) is 12.8 Å². The van der Waals surface area contributed by atoms with E-state index >= 15 is 0 Å². The summed E-state index contributed by atoms with van der Waals surface area (Å²) in [7, 11) is 1.61. The van der Waals surface area contributed by atoms with E-state index in [2.05, 4.69) is 5.32 Å². The summed E-state index contributed by atoms with van der Waals surface area (Å²) in [5, 5.41) is 13.0. The van der Waals surface area contributed by atoms with Crippen molar-refractivity contribution in [2.24, 2.45) is 5.92 Å². The summed E-state index contributed by atoms with van der Waals surface area (Å²) in [6, 6.07) is -0.571. The van der Waals surface area contributed by atoms with Gasteiger partial charge in [-0.2, -0.15) is 13.2 Å². The molecule has 2 rings (SSSR count). The minimum atomic E-state index is -4.20. The van der Waals surface area contributed by atoms with Gasteiger partial charge in [0.2, 0.25) is 5.91 Å². The normalized spacial score (nSPS) is 29.4. The summed E-state index contributed by atoms with van der Waals surface area (Å²) in [6.45, 7) is 0.0464. The van der Waals surface area contributed by atoms with Gasteiger partial charge in [-0.25, -0.2) is 0 Å². The first-order valence-electron chi connectivity index (χ1n) is 7.49. The van der Waals surface area contributed by atoms with Crippen molar-refractivity contribution < 1.29 is 23.1 Å². The molecule has 0 aromatic rings. The van der Waals surface area contributed by atoms with Crippen LogP contribution in [-0.2, 0) is 4.79 Å². The van der Waals surface area contributed by atoms with Gasteiger partial charge in [-0.3, -0.25) is 4.79 Å². The molecule has 2 atom stereocenters. The molecule has 0 bridgehead atoms. The average Bonchev–Trinajstić information content (AvgIpc) is 2.83. The summed E-state index contributed by atoms with van der Waals surface area (Å²) in [5.41, 5.74) is -0.826. The maximum absolute atomic E-state index is 12.6. The van der Waals surface area contributed by atoms with Crippen molar-refractivity contribution in [1.29, 1.82) is 0 Å². The Hall–Kier alpha value is -0.820. The van der Waals surface area contributed by atoms with Gasteiger partial charge in [-0.05, 0) is 25.7 Å². The number of carbonyl (C=O) groups excluding carboxylic acids is 1. The van der Waals surface area contributed by atoms with E-state index in [9.17, 15) is 23.1 Å². The van der Waals surface area contributed by atoms with Crippen LogP contribution in [0.1, 0.15) is 38.5 Å². The predicted octanol–water partition coefficient (Wildman–Crippen LogP) is 1.68. The molecule has 1 heterocycles. The van der Waals surface area contributed by atoms with Gasteiger partial charge in [0.1, 0.15) is 0 Å². The van der Waals surface area contributed by atoms with Crippen molar-refractivity contribution in [3.63, 3.8) is 0 Å². The first kappa shape index (κ1) is 16.5.